The molecule has 0 bridgehead atoms. The maximum atomic E-state index is 13.5. The Kier molecular flexibility index (Phi) is 7.09. The van der Waals surface area contributed by atoms with Crippen molar-refractivity contribution >= 4 is 37.7 Å². The Morgan fingerprint density at radius 2 is 1.59 bits per heavy atom. The second-order valence-corrected chi connectivity index (χ2v) is 12.6. The summed E-state index contributed by atoms with van der Waals surface area (Å²) in [6.45, 7) is -0.0365. The van der Waals surface area contributed by atoms with E-state index in [1.807, 2.05) is 30.3 Å². The molecular weight excluding hydrogens is 516 g/mol. The van der Waals surface area contributed by atoms with Gasteiger partial charge < -0.3 is 5.32 Å². The molecule has 10 nitrogen and oxygen atoms in total. The highest BCUT2D eigenvalue weighted by Gasteiger charge is 2.40. The van der Waals surface area contributed by atoms with Crippen LogP contribution in [0, 0.1) is 0 Å². The first-order valence-electron chi connectivity index (χ1n) is 11.2. The second kappa shape index (κ2) is 9.96. The fraction of sp³-hybridized carbons (Fsp3) is 0.200. The van der Waals surface area contributed by atoms with Crippen molar-refractivity contribution in [1.29, 1.82) is 0 Å². The van der Waals surface area contributed by atoms with E-state index in [-0.39, 0.29) is 34.1 Å². The molecular formula is C25H26N4O6S2. The summed E-state index contributed by atoms with van der Waals surface area (Å²) in [5.74, 6) is -0.453. The average molecular weight is 543 g/mol. The molecule has 0 unspecified atom stereocenters. The number of rotatable bonds is 7. The zero-order chi connectivity index (χ0) is 27.0. The number of urea groups is 1. The van der Waals surface area contributed by atoms with Crippen molar-refractivity contribution in [3.63, 3.8) is 0 Å². The first-order valence-corrected chi connectivity index (χ1v) is 14.1. The van der Waals surface area contributed by atoms with E-state index in [2.05, 4.69) is 5.32 Å². The number of nitrogens with zero attached hydrogens (tertiary/aromatic N) is 3. The Morgan fingerprint density at radius 3 is 2.22 bits per heavy atom. The summed E-state index contributed by atoms with van der Waals surface area (Å²) in [7, 11) is -3.69. The monoisotopic (exact) mass is 542 g/mol. The van der Waals surface area contributed by atoms with Crippen LogP contribution < -0.4 is 10.2 Å². The molecule has 0 saturated heterocycles. The van der Waals surface area contributed by atoms with Gasteiger partial charge in [0.2, 0.25) is 10.0 Å². The molecule has 1 aliphatic heterocycles. The Bertz CT molecular complexity index is 1550. The molecule has 194 valence electrons. The smallest absolute Gasteiger partial charge is 0.338 e. The van der Waals surface area contributed by atoms with Gasteiger partial charge in [0.15, 0.2) is 0 Å². The lowest BCUT2D eigenvalue weighted by molar-refractivity contribution is 0.0950. The number of carbonyl (C=O) groups is 2. The van der Waals surface area contributed by atoms with Crippen molar-refractivity contribution in [2.24, 2.45) is 0 Å². The van der Waals surface area contributed by atoms with Gasteiger partial charge in [-0.15, -0.1) is 0 Å². The summed E-state index contributed by atoms with van der Waals surface area (Å²) in [5, 5.41) is 2.77. The number of carbonyl (C=O) groups excluding carboxylic acids is 2. The number of nitrogens with one attached hydrogen (secondary N) is 1. The molecule has 0 fully saturated rings. The molecule has 3 amide bonds. The highest BCUT2D eigenvalue weighted by molar-refractivity contribution is 7.90. The van der Waals surface area contributed by atoms with Crippen molar-refractivity contribution < 1.29 is 26.4 Å². The largest absolute Gasteiger partial charge is 0.348 e. The second-order valence-electron chi connectivity index (χ2n) is 8.64. The van der Waals surface area contributed by atoms with Crippen LogP contribution in [0.2, 0.25) is 0 Å². The minimum Gasteiger partial charge on any atom is -0.348 e. The first kappa shape index (κ1) is 26.3. The van der Waals surface area contributed by atoms with E-state index in [9.17, 15) is 26.4 Å². The van der Waals surface area contributed by atoms with Gasteiger partial charge in [0.25, 0.3) is 15.9 Å². The van der Waals surface area contributed by atoms with E-state index >= 15 is 0 Å². The van der Waals surface area contributed by atoms with Crippen LogP contribution in [0.25, 0.3) is 0 Å². The standard InChI is InChI=1S/C25H26N4O6S2/c1-27(2)36(32,33)21-12-9-19(10-13-21)17-29-25(31)28(3)22-14-11-20(15-23(22)37(29,34)35)24(30)26-16-18-7-5-4-6-8-18/h4-15H,16-17H2,1-3H3,(H,26,30). The van der Waals surface area contributed by atoms with Crippen molar-refractivity contribution in [2.75, 3.05) is 26.0 Å². The molecule has 0 saturated carbocycles. The van der Waals surface area contributed by atoms with Crippen molar-refractivity contribution in [1.82, 2.24) is 13.9 Å². The molecule has 3 aromatic carbocycles. The van der Waals surface area contributed by atoms with Crippen molar-refractivity contribution in [3.8, 4) is 0 Å². The molecule has 1 N–H and O–H groups in total. The maximum absolute atomic E-state index is 13.5. The van der Waals surface area contributed by atoms with Crippen LogP contribution in [0.1, 0.15) is 21.5 Å². The van der Waals surface area contributed by atoms with Gasteiger partial charge in [-0.2, -0.15) is 0 Å². The molecule has 0 radical (unpaired) electrons. The van der Waals surface area contributed by atoms with Gasteiger partial charge in [0, 0.05) is 33.3 Å². The van der Waals surface area contributed by atoms with Crippen LogP contribution in [0.4, 0.5) is 10.5 Å². The molecule has 12 heteroatoms. The van der Waals surface area contributed by atoms with E-state index in [0.717, 1.165) is 9.87 Å². The Labute approximate surface area is 216 Å². The molecule has 4 rings (SSSR count). The van der Waals surface area contributed by atoms with Gasteiger partial charge in [-0.25, -0.2) is 30.2 Å². The number of sulfonamides is 2. The van der Waals surface area contributed by atoms with Crippen LogP contribution in [-0.4, -0.2) is 58.5 Å². The van der Waals surface area contributed by atoms with Crippen LogP contribution in [0.3, 0.4) is 0 Å². The quantitative estimate of drug-likeness (QED) is 0.490. The average Bonchev–Trinajstić information content (AvgIpc) is 2.89. The topological polar surface area (TPSA) is 124 Å². The molecule has 37 heavy (non-hydrogen) atoms. The molecule has 1 aliphatic rings. The summed E-state index contributed by atoms with van der Waals surface area (Å²) in [4.78, 5) is 26.8. The molecule has 0 aliphatic carbocycles. The van der Waals surface area contributed by atoms with E-state index in [0.29, 0.717) is 9.87 Å². The minimum absolute atomic E-state index is 0.0442. The SMILES string of the molecule is CN1C(=O)N(Cc2ccc(S(=O)(=O)N(C)C)cc2)S(=O)(=O)c2cc(C(=O)NCc3ccccc3)ccc21. The lowest BCUT2D eigenvalue weighted by Gasteiger charge is -2.34. The van der Waals surface area contributed by atoms with Crippen LogP contribution in [0.5, 0.6) is 0 Å². The van der Waals surface area contributed by atoms with E-state index in [4.69, 9.17) is 0 Å². The van der Waals surface area contributed by atoms with Crippen LogP contribution >= 0.6 is 0 Å². The third-order valence-electron chi connectivity index (χ3n) is 5.98. The third-order valence-corrected chi connectivity index (χ3v) is 9.55. The zero-order valence-corrected chi connectivity index (χ0v) is 22.1. The van der Waals surface area contributed by atoms with E-state index in [1.165, 1.54) is 68.5 Å². The third kappa shape index (κ3) is 5.08. The highest BCUT2D eigenvalue weighted by Crippen LogP contribution is 2.35. The van der Waals surface area contributed by atoms with Crippen molar-refractivity contribution in [3.05, 3.63) is 89.5 Å². The molecule has 3 aromatic rings. The van der Waals surface area contributed by atoms with Gasteiger partial charge in [-0.3, -0.25) is 9.69 Å². The lowest BCUT2D eigenvalue weighted by Crippen LogP contribution is -2.48. The number of hydrogen-bond acceptors (Lipinski definition) is 6. The Hall–Kier alpha value is -3.74. The fourth-order valence-electron chi connectivity index (χ4n) is 3.81. The molecule has 0 spiro atoms. The van der Waals surface area contributed by atoms with Crippen molar-refractivity contribution in [2.45, 2.75) is 22.9 Å². The number of hydrogen-bond donors (Lipinski definition) is 1. The van der Waals surface area contributed by atoms with E-state index in [1.54, 1.807) is 0 Å². The van der Waals surface area contributed by atoms with Gasteiger partial charge >= 0.3 is 6.03 Å². The zero-order valence-electron chi connectivity index (χ0n) is 20.5. The number of fused-ring (bicyclic) bond motifs is 1. The number of anilines is 1. The summed E-state index contributed by atoms with van der Waals surface area (Å²) in [6, 6.07) is 18.3. The summed E-state index contributed by atoms with van der Waals surface area (Å²) < 4.78 is 53.3. The predicted molar refractivity (Wildman–Crippen MR) is 138 cm³/mol. The summed E-state index contributed by atoms with van der Waals surface area (Å²) in [6.07, 6.45) is 0. The normalized spacial score (nSPS) is 15.0. The fourth-order valence-corrected chi connectivity index (χ4v) is 6.34. The lowest BCUT2D eigenvalue weighted by atomic mass is 10.1. The van der Waals surface area contributed by atoms with Gasteiger partial charge in [-0.05, 0) is 41.5 Å². The first-order chi connectivity index (χ1) is 17.4. The summed E-state index contributed by atoms with van der Waals surface area (Å²) in [5.41, 5.74) is 1.61. The van der Waals surface area contributed by atoms with Gasteiger partial charge in [0.1, 0.15) is 4.90 Å². The minimum atomic E-state index is -4.30. The molecule has 1 heterocycles. The number of benzene rings is 3. The van der Waals surface area contributed by atoms with Crippen LogP contribution in [-0.2, 0) is 33.1 Å². The van der Waals surface area contributed by atoms with E-state index < -0.39 is 32.0 Å². The predicted octanol–water partition coefficient (Wildman–Crippen LogP) is 2.63. The highest BCUT2D eigenvalue weighted by atomic mass is 32.2. The summed E-state index contributed by atoms with van der Waals surface area (Å²) >= 11 is 0. The Morgan fingerprint density at radius 1 is 0.946 bits per heavy atom. The molecule has 0 aromatic heterocycles. The van der Waals surface area contributed by atoms with Gasteiger partial charge in [0.05, 0.1) is 17.1 Å². The van der Waals surface area contributed by atoms with Crippen LogP contribution in [0.15, 0.2) is 82.6 Å². The number of amides is 3. The maximum Gasteiger partial charge on any atom is 0.338 e. The van der Waals surface area contributed by atoms with Gasteiger partial charge in [-0.1, -0.05) is 42.5 Å². The molecule has 0 atom stereocenters. The Balaban J connectivity index is 1.60.